The Bertz CT molecular complexity index is 750. The Morgan fingerprint density at radius 3 is 1.88 bits per heavy atom. The maximum atomic E-state index is 5.88. The van der Waals surface area contributed by atoms with Gasteiger partial charge in [0.2, 0.25) is 0 Å². The van der Waals surface area contributed by atoms with E-state index in [1.165, 1.54) is 16.7 Å². The van der Waals surface area contributed by atoms with E-state index < -0.39 is 0 Å². The second kappa shape index (κ2) is 8.24. The fraction of sp³-hybridized carbons (Fsp3) is 0.182. The molecule has 0 aliphatic rings. The van der Waals surface area contributed by atoms with Crippen molar-refractivity contribution in [2.45, 2.75) is 4.75 Å². The summed E-state index contributed by atoms with van der Waals surface area (Å²) < 4.78 is 5.17. The molecule has 0 saturated heterocycles. The molecule has 128 valence electrons. The number of rotatable bonds is 7. The van der Waals surface area contributed by atoms with E-state index in [1.807, 2.05) is 17.8 Å². The second-order valence-electron chi connectivity index (χ2n) is 5.78. The summed E-state index contributed by atoms with van der Waals surface area (Å²) in [5, 5.41) is 0. The second-order valence-corrected chi connectivity index (χ2v) is 7.09. The van der Waals surface area contributed by atoms with Gasteiger partial charge in [0.05, 0.1) is 11.9 Å². The summed E-state index contributed by atoms with van der Waals surface area (Å²) in [6.07, 6.45) is 0. The van der Waals surface area contributed by atoms with E-state index in [4.69, 9.17) is 10.5 Å². The van der Waals surface area contributed by atoms with Gasteiger partial charge in [-0.05, 0) is 28.8 Å². The Hall–Kier alpha value is -2.23. The molecule has 25 heavy (non-hydrogen) atoms. The number of ether oxygens (including phenoxy) is 1. The number of methoxy groups -OCH3 is 1. The van der Waals surface area contributed by atoms with Gasteiger partial charge in [0.25, 0.3) is 0 Å². The molecule has 0 aliphatic heterocycles. The normalized spacial score (nSPS) is 11.3. The SMILES string of the molecule is COc1cccc(C(SCCN)(c2ccccc2)c2ccccc2)c1. The van der Waals surface area contributed by atoms with Gasteiger partial charge in [-0.1, -0.05) is 72.8 Å². The predicted octanol–water partition coefficient (Wildman–Crippen LogP) is 4.68. The summed E-state index contributed by atoms with van der Waals surface area (Å²) >= 11 is 1.87. The summed E-state index contributed by atoms with van der Waals surface area (Å²) in [5.74, 6) is 1.73. The highest BCUT2D eigenvalue weighted by Gasteiger charge is 2.36. The average Bonchev–Trinajstić information content (AvgIpc) is 2.70. The lowest BCUT2D eigenvalue weighted by molar-refractivity contribution is 0.414. The first-order chi connectivity index (χ1) is 12.3. The van der Waals surface area contributed by atoms with Crippen LogP contribution in [0.4, 0.5) is 0 Å². The zero-order chi connectivity index (χ0) is 17.5. The Balaban J connectivity index is 2.27. The molecule has 3 heteroatoms. The molecule has 0 aliphatic carbocycles. The van der Waals surface area contributed by atoms with Crippen LogP contribution in [0, 0.1) is 0 Å². The minimum absolute atomic E-state index is 0.323. The highest BCUT2D eigenvalue weighted by atomic mass is 32.2. The van der Waals surface area contributed by atoms with E-state index in [9.17, 15) is 0 Å². The number of hydrogen-bond acceptors (Lipinski definition) is 3. The zero-order valence-electron chi connectivity index (χ0n) is 14.4. The molecule has 0 aromatic heterocycles. The van der Waals surface area contributed by atoms with Crippen molar-refractivity contribution in [3.8, 4) is 5.75 Å². The van der Waals surface area contributed by atoms with Gasteiger partial charge in [-0.25, -0.2) is 0 Å². The predicted molar refractivity (Wildman–Crippen MR) is 107 cm³/mol. The average molecular weight is 349 g/mol. The van der Waals surface area contributed by atoms with Crippen molar-refractivity contribution in [2.75, 3.05) is 19.4 Å². The molecule has 0 bridgehead atoms. The van der Waals surface area contributed by atoms with E-state index in [0.29, 0.717) is 6.54 Å². The molecule has 0 saturated carbocycles. The topological polar surface area (TPSA) is 35.2 Å². The summed E-state index contributed by atoms with van der Waals surface area (Å²) in [4.78, 5) is 0. The number of nitrogens with two attached hydrogens (primary N) is 1. The molecule has 0 spiro atoms. The Labute approximate surface area is 154 Å². The van der Waals surface area contributed by atoms with E-state index in [-0.39, 0.29) is 4.75 Å². The first kappa shape index (κ1) is 17.6. The Morgan fingerprint density at radius 1 is 0.800 bits per heavy atom. The third-order valence-corrected chi connectivity index (χ3v) is 5.85. The Morgan fingerprint density at radius 2 is 1.36 bits per heavy atom. The highest BCUT2D eigenvalue weighted by Crippen LogP contribution is 2.48. The van der Waals surface area contributed by atoms with Gasteiger partial charge in [-0.3, -0.25) is 0 Å². The molecular weight excluding hydrogens is 326 g/mol. The molecule has 3 rings (SSSR count). The van der Waals surface area contributed by atoms with E-state index in [0.717, 1.165) is 11.5 Å². The third kappa shape index (κ3) is 3.58. The van der Waals surface area contributed by atoms with Crippen LogP contribution in [0.15, 0.2) is 84.9 Å². The van der Waals surface area contributed by atoms with Gasteiger partial charge in [0, 0.05) is 12.3 Å². The van der Waals surface area contributed by atoms with Gasteiger partial charge in [-0.2, -0.15) is 0 Å². The lowest BCUT2D eigenvalue weighted by atomic mass is 9.84. The molecule has 0 heterocycles. The lowest BCUT2D eigenvalue weighted by Crippen LogP contribution is -2.27. The minimum Gasteiger partial charge on any atom is -0.497 e. The van der Waals surface area contributed by atoms with Crippen LogP contribution in [0.1, 0.15) is 16.7 Å². The van der Waals surface area contributed by atoms with Crippen LogP contribution in [-0.4, -0.2) is 19.4 Å². The quantitative estimate of drug-likeness (QED) is 0.629. The number of hydrogen-bond donors (Lipinski definition) is 1. The van der Waals surface area contributed by atoms with Crippen LogP contribution in [0.5, 0.6) is 5.75 Å². The van der Waals surface area contributed by atoms with E-state index in [1.54, 1.807) is 7.11 Å². The van der Waals surface area contributed by atoms with Crippen molar-refractivity contribution in [3.05, 3.63) is 102 Å². The van der Waals surface area contributed by atoms with Crippen molar-refractivity contribution >= 4 is 11.8 Å². The molecule has 0 fully saturated rings. The largest absolute Gasteiger partial charge is 0.497 e. The fourth-order valence-electron chi connectivity index (χ4n) is 3.15. The van der Waals surface area contributed by atoms with Crippen LogP contribution in [-0.2, 0) is 4.75 Å². The lowest BCUT2D eigenvalue weighted by Gasteiger charge is -2.35. The Kier molecular flexibility index (Phi) is 5.79. The smallest absolute Gasteiger partial charge is 0.119 e. The summed E-state index contributed by atoms with van der Waals surface area (Å²) in [6, 6.07) is 29.6. The number of benzene rings is 3. The van der Waals surface area contributed by atoms with Gasteiger partial charge >= 0.3 is 0 Å². The zero-order valence-corrected chi connectivity index (χ0v) is 15.2. The molecule has 0 radical (unpaired) electrons. The van der Waals surface area contributed by atoms with Gasteiger partial charge in [0.15, 0.2) is 0 Å². The van der Waals surface area contributed by atoms with Crippen LogP contribution < -0.4 is 10.5 Å². The number of thioether (sulfide) groups is 1. The molecule has 3 aromatic rings. The highest BCUT2D eigenvalue weighted by molar-refractivity contribution is 8.00. The van der Waals surface area contributed by atoms with Gasteiger partial charge in [0.1, 0.15) is 5.75 Å². The van der Waals surface area contributed by atoms with Crippen molar-refractivity contribution in [3.63, 3.8) is 0 Å². The first-order valence-electron chi connectivity index (χ1n) is 8.41. The van der Waals surface area contributed by atoms with Crippen molar-refractivity contribution < 1.29 is 4.74 Å². The van der Waals surface area contributed by atoms with Crippen molar-refractivity contribution in [1.82, 2.24) is 0 Å². The maximum absolute atomic E-state index is 5.88. The van der Waals surface area contributed by atoms with Gasteiger partial charge < -0.3 is 10.5 Å². The first-order valence-corrected chi connectivity index (χ1v) is 9.39. The summed E-state index contributed by atoms with van der Waals surface area (Å²) in [6.45, 7) is 0.635. The van der Waals surface area contributed by atoms with Crippen molar-refractivity contribution in [1.29, 1.82) is 0 Å². The van der Waals surface area contributed by atoms with Crippen LogP contribution in [0.3, 0.4) is 0 Å². The third-order valence-electron chi connectivity index (χ3n) is 4.27. The molecule has 0 unspecified atom stereocenters. The standard InChI is InChI=1S/C22H23NOS/c1-24-21-14-8-13-20(17-21)22(25-16-15-23,18-9-4-2-5-10-18)19-11-6-3-7-12-19/h2-14,17H,15-16,23H2,1H3. The van der Waals surface area contributed by atoms with Crippen LogP contribution in [0.2, 0.25) is 0 Å². The van der Waals surface area contributed by atoms with Gasteiger partial charge in [-0.15, -0.1) is 11.8 Å². The monoisotopic (exact) mass is 349 g/mol. The van der Waals surface area contributed by atoms with E-state index >= 15 is 0 Å². The molecule has 2 N–H and O–H groups in total. The molecule has 0 amide bonds. The van der Waals surface area contributed by atoms with Crippen LogP contribution >= 0.6 is 11.8 Å². The molecule has 2 nitrogen and oxygen atoms in total. The van der Waals surface area contributed by atoms with Crippen molar-refractivity contribution in [2.24, 2.45) is 5.73 Å². The fourth-order valence-corrected chi connectivity index (χ4v) is 4.47. The van der Waals surface area contributed by atoms with E-state index in [2.05, 4.69) is 78.9 Å². The summed E-state index contributed by atoms with van der Waals surface area (Å²) in [7, 11) is 1.71. The van der Waals surface area contributed by atoms with Crippen LogP contribution in [0.25, 0.3) is 0 Å². The molecule has 0 atom stereocenters. The molecule has 3 aromatic carbocycles. The maximum Gasteiger partial charge on any atom is 0.119 e. The molecular formula is C22H23NOS. The summed E-state index contributed by atoms with van der Waals surface area (Å²) in [5.41, 5.74) is 9.56. The minimum atomic E-state index is -0.323.